The number of ether oxygens (including phenoxy) is 10. The highest BCUT2D eigenvalue weighted by Crippen LogP contribution is 2.37. The second kappa shape index (κ2) is 18.7. The van der Waals surface area contributed by atoms with Gasteiger partial charge < -0.3 is 52.5 Å². The normalized spacial score (nSPS) is 31.5. The smallest absolute Gasteiger partial charge is 0.186 e. The molecule has 0 radical (unpaired) electrons. The van der Waals surface area contributed by atoms with Gasteiger partial charge in [-0.2, -0.15) is 0 Å². The Morgan fingerprint density at radius 2 is 1.06 bits per heavy atom. The summed E-state index contributed by atoms with van der Waals surface area (Å²) in [5, 5.41) is 11.5. The highest BCUT2D eigenvalue weighted by molar-refractivity contribution is 5.18. The van der Waals surface area contributed by atoms with Crippen molar-refractivity contribution in [1.29, 1.82) is 0 Å². The van der Waals surface area contributed by atoms with E-state index in [0.717, 1.165) is 22.3 Å². The van der Waals surface area contributed by atoms with Crippen molar-refractivity contribution in [1.82, 2.24) is 0 Å². The standard InChI is InChI=1S/C42H48O11/c1-44-41-34(43)37(36-33(51-41)27-50-40(53-36)31-21-13-6-14-22-31)49-26-32-35(46-23-28-15-7-3-8-16-28)38(47-24-29-17-9-4-10-18-29)39(42(45-2)52-32)48-25-30-19-11-5-12-20-30/h3-22,32-43H,23-27H2,1-2H3/t32-,33-,34-,35-,36-,37-,38+,39-,40-,41+,42+/m1/s1. The Morgan fingerprint density at radius 3 is 1.60 bits per heavy atom. The summed E-state index contributed by atoms with van der Waals surface area (Å²) in [6, 6.07) is 39.4. The molecule has 3 heterocycles. The van der Waals surface area contributed by atoms with E-state index in [4.69, 9.17) is 47.4 Å². The Labute approximate surface area is 310 Å². The van der Waals surface area contributed by atoms with Crippen LogP contribution in [0.1, 0.15) is 28.5 Å². The summed E-state index contributed by atoms with van der Waals surface area (Å²) in [7, 11) is 3.06. The Kier molecular flexibility index (Phi) is 13.3. The van der Waals surface area contributed by atoms with Gasteiger partial charge in [-0.3, -0.25) is 0 Å². The van der Waals surface area contributed by atoms with Crippen LogP contribution < -0.4 is 0 Å². The molecule has 11 atom stereocenters. The lowest BCUT2D eigenvalue weighted by Gasteiger charge is -2.49. The lowest BCUT2D eigenvalue weighted by atomic mass is 9.96. The second-order valence-electron chi connectivity index (χ2n) is 13.3. The van der Waals surface area contributed by atoms with E-state index in [-0.39, 0.29) is 19.8 Å². The third-order valence-electron chi connectivity index (χ3n) is 9.74. The third kappa shape index (κ3) is 9.40. The maximum atomic E-state index is 11.5. The Balaban J connectivity index is 1.16. The molecule has 0 bridgehead atoms. The van der Waals surface area contributed by atoms with Gasteiger partial charge in [0.1, 0.15) is 48.8 Å². The van der Waals surface area contributed by atoms with Crippen molar-refractivity contribution in [3.05, 3.63) is 144 Å². The first-order chi connectivity index (χ1) is 26.1. The van der Waals surface area contributed by atoms with Crippen LogP contribution in [0, 0.1) is 0 Å². The molecule has 1 N–H and O–H groups in total. The molecule has 11 heteroatoms. The molecule has 53 heavy (non-hydrogen) atoms. The van der Waals surface area contributed by atoms with Crippen LogP contribution in [0.4, 0.5) is 0 Å². The molecular weight excluding hydrogens is 680 g/mol. The molecule has 4 aromatic carbocycles. The predicted molar refractivity (Wildman–Crippen MR) is 192 cm³/mol. The van der Waals surface area contributed by atoms with Gasteiger partial charge in [0.15, 0.2) is 18.9 Å². The molecular formula is C42H48O11. The molecule has 0 unspecified atom stereocenters. The van der Waals surface area contributed by atoms with Crippen molar-refractivity contribution in [2.75, 3.05) is 27.4 Å². The largest absolute Gasteiger partial charge is 0.385 e. The fraction of sp³-hybridized carbons (Fsp3) is 0.429. The predicted octanol–water partition coefficient (Wildman–Crippen LogP) is 5.35. The van der Waals surface area contributed by atoms with Crippen LogP contribution in [0.25, 0.3) is 0 Å². The average Bonchev–Trinajstić information content (AvgIpc) is 3.22. The number of hydrogen-bond acceptors (Lipinski definition) is 11. The first kappa shape index (κ1) is 37.7. The van der Waals surface area contributed by atoms with Crippen molar-refractivity contribution in [3.8, 4) is 0 Å². The Bertz CT molecular complexity index is 1630. The summed E-state index contributed by atoms with van der Waals surface area (Å²) in [5.74, 6) is 0. The average molecular weight is 729 g/mol. The van der Waals surface area contributed by atoms with E-state index < -0.39 is 67.7 Å². The summed E-state index contributed by atoms with van der Waals surface area (Å²) in [5.41, 5.74) is 3.83. The first-order valence-corrected chi connectivity index (χ1v) is 18.1. The van der Waals surface area contributed by atoms with Crippen molar-refractivity contribution in [2.24, 2.45) is 0 Å². The summed E-state index contributed by atoms with van der Waals surface area (Å²) in [6.07, 6.45) is -8.39. The van der Waals surface area contributed by atoms with Crippen LogP contribution in [0.3, 0.4) is 0 Å². The van der Waals surface area contributed by atoms with Crippen molar-refractivity contribution >= 4 is 0 Å². The van der Waals surface area contributed by atoms with Gasteiger partial charge in [0.2, 0.25) is 0 Å². The van der Waals surface area contributed by atoms with Crippen LogP contribution in [0.5, 0.6) is 0 Å². The fourth-order valence-corrected chi connectivity index (χ4v) is 7.00. The zero-order valence-corrected chi connectivity index (χ0v) is 30.0. The molecule has 282 valence electrons. The number of methoxy groups -OCH3 is 2. The molecule has 0 amide bonds. The van der Waals surface area contributed by atoms with Gasteiger partial charge in [-0.25, -0.2) is 0 Å². The molecule has 3 fully saturated rings. The number of fused-ring (bicyclic) bond motifs is 1. The maximum Gasteiger partial charge on any atom is 0.186 e. The summed E-state index contributed by atoms with van der Waals surface area (Å²) in [6.45, 7) is 1.12. The van der Waals surface area contributed by atoms with Gasteiger partial charge in [-0.1, -0.05) is 121 Å². The number of hydrogen-bond donors (Lipinski definition) is 1. The van der Waals surface area contributed by atoms with Crippen molar-refractivity contribution in [2.45, 2.75) is 87.5 Å². The van der Waals surface area contributed by atoms with Gasteiger partial charge in [-0.15, -0.1) is 0 Å². The van der Waals surface area contributed by atoms with E-state index in [1.807, 2.05) is 121 Å². The number of benzene rings is 4. The van der Waals surface area contributed by atoms with Gasteiger partial charge >= 0.3 is 0 Å². The lowest BCUT2D eigenvalue weighted by molar-refractivity contribution is -0.369. The van der Waals surface area contributed by atoms with Gasteiger partial charge in [-0.05, 0) is 16.7 Å². The summed E-state index contributed by atoms with van der Waals surface area (Å²) in [4.78, 5) is 0. The molecule has 3 saturated heterocycles. The molecule has 0 saturated carbocycles. The minimum absolute atomic E-state index is 0.00246. The van der Waals surface area contributed by atoms with Crippen LogP contribution in [0.15, 0.2) is 121 Å². The summed E-state index contributed by atoms with van der Waals surface area (Å²) >= 11 is 0. The van der Waals surface area contributed by atoms with E-state index in [2.05, 4.69) is 0 Å². The van der Waals surface area contributed by atoms with Crippen molar-refractivity contribution in [3.63, 3.8) is 0 Å². The van der Waals surface area contributed by atoms with Crippen LogP contribution >= 0.6 is 0 Å². The zero-order valence-electron chi connectivity index (χ0n) is 30.0. The molecule has 3 aliphatic rings. The Hall–Kier alpha value is -3.56. The van der Waals surface area contributed by atoms with E-state index in [1.54, 1.807) is 7.11 Å². The SMILES string of the molecule is CO[C@H]1O[C@@H]2CO[C@@H](c3ccccc3)O[C@H]2[C@H](OC[C@H]2O[C@H](OC)[C@H](OCc3ccccc3)[C@@H](OCc3ccccc3)[C@@H]2OCc2ccccc2)[C@H]1O. The van der Waals surface area contributed by atoms with Crippen LogP contribution in [-0.2, 0) is 67.2 Å². The first-order valence-electron chi connectivity index (χ1n) is 18.1. The highest BCUT2D eigenvalue weighted by Gasteiger charge is 2.53. The molecule has 4 aromatic rings. The minimum atomic E-state index is -1.17. The molecule has 7 rings (SSSR count). The van der Waals surface area contributed by atoms with Gasteiger partial charge in [0, 0.05) is 19.8 Å². The molecule has 0 aromatic heterocycles. The molecule has 0 spiro atoms. The maximum absolute atomic E-state index is 11.5. The van der Waals surface area contributed by atoms with Gasteiger partial charge in [0.05, 0.1) is 33.0 Å². The van der Waals surface area contributed by atoms with E-state index in [1.165, 1.54) is 7.11 Å². The zero-order chi connectivity index (χ0) is 36.4. The lowest BCUT2D eigenvalue weighted by Crippen LogP contribution is -2.64. The topological polar surface area (TPSA) is 113 Å². The molecule has 0 aliphatic carbocycles. The number of aliphatic hydroxyl groups excluding tert-OH is 1. The van der Waals surface area contributed by atoms with Crippen LogP contribution in [0.2, 0.25) is 0 Å². The quantitative estimate of drug-likeness (QED) is 0.171. The van der Waals surface area contributed by atoms with Crippen LogP contribution in [-0.4, -0.2) is 94.0 Å². The van der Waals surface area contributed by atoms with Crippen molar-refractivity contribution < 1.29 is 52.5 Å². The summed E-state index contributed by atoms with van der Waals surface area (Å²) < 4.78 is 63.3. The number of rotatable bonds is 15. The van der Waals surface area contributed by atoms with E-state index in [0.29, 0.717) is 13.2 Å². The second-order valence-corrected chi connectivity index (χ2v) is 13.3. The molecule has 3 aliphatic heterocycles. The Morgan fingerprint density at radius 1 is 0.547 bits per heavy atom. The molecule has 11 nitrogen and oxygen atoms in total. The van der Waals surface area contributed by atoms with E-state index >= 15 is 0 Å². The van der Waals surface area contributed by atoms with E-state index in [9.17, 15) is 5.11 Å². The highest BCUT2D eigenvalue weighted by atomic mass is 16.8. The third-order valence-corrected chi connectivity index (χ3v) is 9.74. The van der Waals surface area contributed by atoms with Gasteiger partial charge in [0.25, 0.3) is 0 Å². The fourth-order valence-electron chi connectivity index (χ4n) is 7.00. The minimum Gasteiger partial charge on any atom is -0.385 e. The number of aliphatic hydroxyl groups is 1. The monoisotopic (exact) mass is 728 g/mol.